The van der Waals surface area contributed by atoms with Crippen LogP contribution in [0.3, 0.4) is 0 Å². The Bertz CT molecular complexity index is 751. The predicted octanol–water partition coefficient (Wildman–Crippen LogP) is 4.02. The molecule has 0 spiro atoms. The van der Waals surface area contributed by atoms with Gasteiger partial charge in [-0.15, -0.1) is 24.0 Å². The lowest BCUT2D eigenvalue weighted by Gasteiger charge is -2.29. The smallest absolute Gasteiger partial charge is 0.191 e. The number of aromatic nitrogens is 1. The fourth-order valence-electron chi connectivity index (χ4n) is 4.15. The minimum Gasteiger partial charge on any atom is -0.361 e. The number of nitrogens with one attached hydrogen (secondary N) is 2. The van der Waals surface area contributed by atoms with Crippen LogP contribution >= 0.6 is 24.0 Å². The molecular formula is C22H34IN5O. The Kier molecular flexibility index (Phi) is 9.42. The minimum atomic E-state index is 0. The maximum Gasteiger partial charge on any atom is 0.191 e. The number of rotatable bonds is 7. The molecule has 29 heavy (non-hydrogen) atoms. The van der Waals surface area contributed by atoms with Gasteiger partial charge in [0.25, 0.3) is 0 Å². The molecular weight excluding hydrogens is 477 g/mol. The lowest BCUT2D eigenvalue weighted by molar-refractivity contribution is 0.245. The Labute approximate surface area is 191 Å². The lowest BCUT2D eigenvalue weighted by atomic mass is 10.00. The van der Waals surface area contributed by atoms with Gasteiger partial charge in [0.05, 0.1) is 11.7 Å². The van der Waals surface area contributed by atoms with Crippen LogP contribution in [0.15, 0.2) is 39.8 Å². The molecule has 7 heteroatoms. The summed E-state index contributed by atoms with van der Waals surface area (Å²) in [6, 6.07) is 11.1. The van der Waals surface area contributed by atoms with E-state index in [-0.39, 0.29) is 24.0 Å². The molecule has 0 bridgehead atoms. The van der Waals surface area contributed by atoms with Gasteiger partial charge in [-0.25, -0.2) is 0 Å². The van der Waals surface area contributed by atoms with Crippen LogP contribution in [0, 0.1) is 13.8 Å². The molecule has 1 fully saturated rings. The number of halogens is 1. The van der Waals surface area contributed by atoms with E-state index in [0.29, 0.717) is 12.0 Å². The predicted molar refractivity (Wildman–Crippen MR) is 129 cm³/mol. The van der Waals surface area contributed by atoms with Gasteiger partial charge in [0, 0.05) is 31.6 Å². The van der Waals surface area contributed by atoms with Crippen molar-refractivity contribution in [3.05, 3.63) is 52.9 Å². The SMILES string of the molecule is CN=C(NCC(C)c1c(C)noc1C)NCC(c1ccccc1)N1CCCC1.I. The first-order chi connectivity index (χ1) is 13.6. The van der Waals surface area contributed by atoms with Gasteiger partial charge in [-0.3, -0.25) is 9.89 Å². The van der Waals surface area contributed by atoms with Gasteiger partial charge in [-0.1, -0.05) is 42.4 Å². The fraction of sp³-hybridized carbons (Fsp3) is 0.545. The highest BCUT2D eigenvalue weighted by molar-refractivity contribution is 14.0. The number of hydrogen-bond donors (Lipinski definition) is 2. The first-order valence-electron chi connectivity index (χ1n) is 10.3. The third kappa shape index (κ3) is 6.18. The highest BCUT2D eigenvalue weighted by Gasteiger charge is 2.23. The maximum atomic E-state index is 5.31. The van der Waals surface area contributed by atoms with Crippen LogP contribution in [-0.4, -0.2) is 49.2 Å². The van der Waals surface area contributed by atoms with Gasteiger partial charge in [0.2, 0.25) is 0 Å². The maximum absolute atomic E-state index is 5.31. The average Bonchev–Trinajstić information content (AvgIpc) is 3.35. The van der Waals surface area contributed by atoms with E-state index in [9.17, 15) is 0 Å². The average molecular weight is 511 g/mol. The molecule has 0 saturated carbocycles. The Morgan fingerprint density at radius 2 is 1.79 bits per heavy atom. The van der Waals surface area contributed by atoms with Crippen molar-refractivity contribution in [1.29, 1.82) is 0 Å². The molecule has 1 aromatic carbocycles. The monoisotopic (exact) mass is 511 g/mol. The van der Waals surface area contributed by atoms with Crippen LogP contribution < -0.4 is 10.6 Å². The normalized spacial score (nSPS) is 16.9. The van der Waals surface area contributed by atoms with E-state index in [0.717, 1.165) is 43.6 Å². The van der Waals surface area contributed by atoms with E-state index < -0.39 is 0 Å². The minimum absolute atomic E-state index is 0. The highest BCUT2D eigenvalue weighted by Crippen LogP contribution is 2.24. The molecule has 3 rings (SSSR count). The van der Waals surface area contributed by atoms with Gasteiger partial charge < -0.3 is 15.2 Å². The summed E-state index contributed by atoms with van der Waals surface area (Å²) in [5.41, 5.74) is 3.51. The topological polar surface area (TPSA) is 65.7 Å². The van der Waals surface area contributed by atoms with Gasteiger partial charge in [-0.2, -0.15) is 0 Å². The Balaban J connectivity index is 0.00000300. The summed E-state index contributed by atoms with van der Waals surface area (Å²) in [5, 5.41) is 11.1. The Hall–Kier alpha value is -1.61. The first kappa shape index (κ1) is 23.7. The van der Waals surface area contributed by atoms with Crippen LogP contribution in [0.4, 0.5) is 0 Å². The van der Waals surface area contributed by atoms with E-state index in [2.05, 4.69) is 62.9 Å². The summed E-state index contributed by atoms with van der Waals surface area (Å²) < 4.78 is 5.31. The van der Waals surface area contributed by atoms with Crippen LogP contribution in [-0.2, 0) is 0 Å². The van der Waals surface area contributed by atoms with Crippen molar-refractivity contribution >= 4 is 29.9 Å². The Morgan fingerprint density at radius 1 is 1.14 bits per heavy atom. The zero-order valence-corrected chi connectivity index (χ0v) is 20.3. The summed E-state index contributed by atoms with van der Waals surface area (Å²) in [5.74, 6) is 2.03. The molecule has 2 atom stereocenters. The molecule has 1 aliphatic rings. The summed E-state index contributed by atoms with van der Waals surface area (Å²) >= 11 is 0. The van der Waals surface area contributed by atoms with E-state index in [1.807, 2.05) is 20.9 Å². The second kappa shape index (κ2) is 11.5. The molecule has 0 aliphatic carbocycles. The number of aliphatic imine (C=N–C) groups is 1. The summed E-state index contributed by atoms with van der Waals surface area (Å²) in [6.07, 6.45) is 2.57. The number of hydrogen-bond acceptors (Lipinski definition) is 4. The summed E-state index contributed by atoms with van der Waals surface area (Å²) in [4.78, 5) is 6.99. The molecule has 2 unspecified atom stereocenters. The lowest BCUT2D eigenvalue weighted by Crippen LogP contribution is -2.43. The van der Waals surface area contributed by atoms with Crippen LogP contribution in [0.25, 0.3) is 0 Å². The van der Waals surface area contributed by atoms with Crippen molar-refractivity contribution in [2.75, 3.05) is 33.2 Å². The van der Waals surface area contributed by atoms with Crippen LogP contribution in [0.2, 0.25) is 0 Å². The van der Waals surface area contributed by atoms with Crippen molar-refractivity contribution < 1.29 is 4.52 Å². The van der Waals surface area contributed by atoms with Gasteiger partial charge in [-0.05, 0) is 45.3 Å². The Morgan fingerprint density at radius 3 is 2.38 bits per heavy atom. The molecule has 0 amide bonds. The van der Waals surface area contributed by atoms with E-state index in [1.54, 1.807) is 0 Å². The fourth-order valence-corrected chi connectivity index (χ4v) is 4.15. The quantitative estimate of drug-likeness (QED) is 0.334. The third-order valence-corrected chi connectivity index (χ3v) is 5.61. The number of guanidine groups is 1. The van der Waals surface area contributed by atoms with E-state index in [1.165, 1.54) is 24.0 Å². The summed E-state index contributed by atoms with van der Waals surface area (Å²) in [6.45, 7) is 10.1. The second-order valence-electron chi connectivity index (χ2n) is 7.64. The molecule has 1 saturated heterocycles. The second-order valence-corrected chi connectivity index (χ2v) is 7.64. The van der Waals surface area contributed by atoms with E-state index >= 15 is 0 Å². The number of likely N-dealkylation sites (tertiary alicyclic amines) is 1. The first-order valence-corrected chi connectivity index (χ1v) is 10.3. The van der Waals surface area contributed by atoms with Crippen molar-refractivity contribution in [2.45, 2.75) is 45.6 Å². The van der Waals surface area contributed by atoms with Gasteiger partial charge in [0.15, 0.2) is 5.96 Å². The molecule has 160 valence electrons. The van der Waals surface area contributed by atoms with Crippen molar-refractivity contribution in [2.24, 2.45) is 4.99 Å². The number of aryl methyl sites for hydroxylation is 2. The van der Waals surface area contributed by atoms with Crippen LogP contribution in [0.1, 0.15) is 54.3 Å². The zero-order chi connectivity index (χ0) is 19.9. The summed E-state index contributed by atoms with van der Waals surface area (Å²) in [7, 11) is 1.82. The van der Waals surface area contributed by atoms with Crippen molar-refractivity contribution in [1.82, 2.24) is 20.7 Å². The zero-order valence-electron chi connectivity index (χ0n) is 17.9. The van der Waals surface area contributed by atoms with Gasteiger partial charge in [0.1, 0.15) is 5.76 Å². The largest absolute Gasteiger partial charge is 0.361 e. The van der Waals surface area contributed by atoms with Crippen molar-refractivity contribution in [3.8, 4) is 0 Å². The molecule has 0 radical (unpaired) electrons. The third-order valence-electron chi connectivity index (χ3n) is 5.61. The standard InChI is InChI=1S/C22H33N5O.HI/c1-16(21-17(2)26-28-18(21)3)14-24-22(23-4)25-15-20(27-12-8-9-13-27)19-10-6-5-7-11-19;/h5-7,10-11,16,20H,8-9,12-15H2,1-4H3,(H2,23,24,25);1H. The molecule has 6 nitrogen and oxygen atoms in total. The van der Waals surface area contributed by atoms with E-state index in [4.69, 9.17) is 4.52 Å². The molecule has 1 aliphatic heterocycles. The highest BCUT2D eigenvalue weighted by atomic mass is 127. The number of nitrogens with zero attached hydrogens (tertiary/aromatic N) is 3. The number of benzene rings is 1. The molecule has 2 aromatic rings. The van der Waals surface area contributed by atoms with Gasteiger partial charge >= 0.3 is 0 Å². The van der Waals surface area contributed by atoms with Crippen LogP contribution in [0.5, 0.6) is 0 Å². The molecule has 2 N–H and O–H groups in total. The molecule has 1 aromatic heterocycles. The molecule has 2 heterocycles. The van der Waals surface area contributed by atoms with Crippen molar-refractivity contribution in [3.63, 3.8) is 0 Å².